The molecule has 0 aliphatic rings. The van der Waals surface area contributed by atoms with Crippen LogP contribution < -0.4 is 4.74 Å². The second-order valence-corrected chi connectivity index (χ2v) is 10.1. The minimum absolute atomic E-state index is 0.114. The van der Waals surface area contributed by atoms with Crippen molar-refractivity contribution in [1.82, 2.24) is 4.90 Å². The summed E-state index contributed by atoms with van der Waals surface area (Å²) in [5, 5.41) is 10.7. The van der Waals surface area contributed by atoms with Crippen LogP contribution in [-0.2, 0) is 17.8 Å². The number of amides is 1. The van der Waals surface area contributed by atoms with Gasteiger partial charge in [0.2, 0.25) is 0 Å². The smallest absolute Gasteiger partial charge is 0.326 e. The molecule has 0 radical (unpaired) electrons. The second-order valence-electron chi connectivity index (χ2n) is 8.10. The number of hydrogen-bond donors (Lipinski definition) is 1. The summed E-state index contributed by atoms with van der Waals surface area (Å²) in [6, 6.07) is 24.3. The summed E-state index contributed by atoms with van der Waals surface area (Å²) in [5.41, 5.74) is 2.02. The number of halogens is 2. The Bertz CT molecular complexity index is 1360. The lowest BCUT2D eigenvalue weighted by atomic mass is 10.0. The van der Waals surface area contributed by atoms with Crippen molar-refractivity contribution in [3.05, 3.63) is 111 Å². The maximum absolute atomic E-state index is 13.7. The van der Waals surface area contributed by atoms with Gasteiger partial charge in [-0.1, -0.05) is 53.5 Å². The number of thiophene rings is 1. The number of ether oxygens (including phenoxy) is 1. The molecule has 1 N–H and O–H groups in total. The number of nitrogens with zero attached hydrogens (tertiary/aromatic N) is 1. The van der Waals surface area contributed by atoms with E-state index in [2.05, 4.69) is 0 Å². The van der Waals surface area contributed by atoms with Gasteiger partial charge in [0.25, 0.3) is 5.91 Å². The third-order valence-electron chi connectivity index (χ3n) is 5.72. The highest BCUT2D eigenvalue weighted by Crippen LogP contribution is 2.32. The van der Waals surface area contributed by atoms with E-state index in [0.29, 0.717) is 5.02 Å². The van der Waals surface area contributed by atoms with Gasteiger partial charge in [0, 0.05) is 21.2 Å². The van der Waals surface area contributed by atoms with E-state index in [1.165, 1.54) is 28.4 Å². The number of carboxylic acid groups (broad SMARTS) is 1. The van der Waals surface area contributed by atoms with Crippen molar-refractivity contribution in [1.29, 1.82) is 0 Å². The molecular formula is C28H23Cl2NO4S. The molecule has 0 aliphatic heterocycles. The molecule has 0 unspecified atom stereocenters. The summed E-state index contributed by atoms with van der Waals surface area (Å²) in [5.74, 6) is -0.805. The number of carbonyl (C=O) groups excluding carboxylic acids is 1. The molecule has 1 heterocycles. The molecule has 5 nitrogen and oxygen atoms in total. The van der Waals surface area contributed by atoms with Gasteiger partial charge >= 0.3 is 5.97 Å². The highest BCUT2D eigenvalue weighted by molar-refractivity contribution is 7.15. The normalized spacial score (nSPS) is 11.6. The largest absolute Gasteiger partial charge is 0.497 e. The van der Waals surface area contributed by atoms with Crippen LogP contribution in [0.5, 0.6) is 5.75 Å². The Hall–Kier alpha value is -3.32. The molecule has 1 aromatic heterocycles. The first-order valence-corrected chi connectivity index (χ1v) is 12.7. The molecule has 0 saturated carbocycles. The van der Waals surface area contributed by atoms with Crippen molar-refractivity contribution in [2.45, 2.75) is 19.0 Å². The van der Waals surface area contributed by atoms with Gasteiger partial charge in [-0.3, -0.25) is 4.79 Å². The number of aliphatic carboxylic acids is 1. The number of carbonyl (C=O) groups is 2. The van der Waals surface area contributed by atoms with Gasteiger partial charge in [-0.2, -0.15) is 0 Å². The predicted molar refractivity (Wildman–Crippen MR) is 144 cm³/mol. The fourth-order valence-electron chi connectivity index (χ4n) is 3.85. The summed E-state index contributed by atoms with van der Waals surface area (Å²) in [4.78, 5) is 29.3. The van der Waals surface area contributed by atoms with E-state index < -0.39 is 17.9 Å². The van der Waals surface area contributed by atoms with E-state index in [0.717, 1.165) is 26.6 Å². The number of carboxylic acids is 1. The Morgan fingerprint density at radius 2 is 1.69 bits per heavy atom. The van der Waals surface area contributed by atoms with Crippen LogP contribution >= 0.6 is 34.5 Å². The summed E-state index contributed by atoms with van der Waals surface area (Å²) < 4.78 is 5.23. The maximum Gasteiger partial charge on any atom is 0.326 e. The molecule has 0 bridgehead atoms. The average molecular weight is 540 g/mol. The molecule has 4 rings (SSSR count). The van der Waals surface area contributed by atoms with Crippen molar-refractivity contribution in [3.63, 3.8) is 0 Å². The molecule has 0 aliphatic carbocycles. The number of benzene rings is 3. The predicted octanol–water partition coefficient (Wildman–Crippen LogP) is 7.07. The molecule has 1 atom stereocenters. The third-order valence-corrected chi connectivity index (χ3v) is 7.38. The van der Waals surface area contributed by atoms with E-state index >= 15 is 0 Å². The SMILES string of the molecule is COc1ccc(-c2ccc(CN(C(=O)c3ccc(Cl)cc3Cl)[C@@H](Cc3ccccc3)C(=O)O)s2)cc1. The van der Waals surface area contributed by atoms with Gasteiger partial charge in [0.15, 0.2) is 0 Å². The Kier molecular flexibility index (Phi) is 8.31. The first kappa shape index (κ1) is 25.8. The van der Waals surface area contributed by atoms with Crippen molar-refractivity contribution in [2.75, 3.05) is 7.11 Å². The van der Waals surface area contributed by atoms with Crippen molar-refractivity contribution >= 4 is 46.4 Å². The van der Waals surface area contributed by atoms with Crippen LogP contribution in [0.4, 0.5) is 0 Å². The molecule has 1 amide bonds. The third kappa shape index (κ3) is 6.08. The van der Waals surface area contributed by atoms with Crippen LogP contribution in [0.3, 0.4) is 0 Å². The summed E-state index contributed by atoms with van der Waals surface area (Å²) in [6.45, 7) is 0.114. The minimum atomic E-state index is -1.10. The molecule has 36 heavy (non-hydrogen) atoms. The summed E-state index contributed by atoms with van der Waals surface area (Å²) in [7, 11) is 1.62. The van der Waals surface area contributed by atoms with Gasteiger partial charge in [-0.15, -0.1) is 11.3 Å². The fourth-order valence-corrected chi connectivity index (χ4v) is 5.35. The lowest BCUT2D eigenvalue weighted by molar-refractivity contribution is -0.142. The summed E-state index contributed by atoms with van der Waals surface area (Å²) >= 11 is 13.9. The highest BCUT2D eigenvalue weighted by atomic mass is 35.5. The lowest BCUT2D eigenvalue weighted by Crippen LogP contribution is -2.46. The van der Waals surface area contributed by atoms with Gasteiger partial charge < -0.3 is 14.7 Å². The van der Waals surface area contributed by atoms with E-state index in [9.17, 15) is 14.7 Å². The van der Waals surface area contributed by atoms with Gasteiger partial charge in [0.05, 0.1) is 24.2 Å². The van der Waals surface area contributed by atoms with Crippen molar-refractivity contribution in [2.24, 2.45) is 0 Å². The Balaban J connectivity index is 1.68. The highest BCUT2D eigenvalue weighted by Gasteiger charge is 2.32. The van der Waals surface area contributed by atoms with Crippen LogP contribution in [0, 0.1) is 0 Å². The van der Waals surface area contributed by atoms with Crippen LogP contribution in [0.1, 0.15) is 20.8 Å². The second kappa shape index (κ2) is 11.6. The molecule has 184 valence electrons. The zero-order valence-corrected chi connectivity index (χ0v) is 21.7. The first-order chi connectivity index (χ1) is 17.4. The van der Waals surface area contributed by atoms with Crippen LogP contribution in [0.25, 0.3) is 10.4 Å². The van der Waals surface area contributed by atoms with Crippen LogP contribution in [-0.4, -0.2) is 35.0 Å². The van der Waals surface area contributed by atoms with Gasteiger partial charge in [-0.25, -0.2) is 4.79 Å². The fraction of sp³-hybridized carbons (Fsp3) is 0.143. The first-order valence-electron chi connectivity index (χ1n) is 11.1. The molecule has 0 saturated heterocycles. The van der Waals surface area contributed by atoms with E-state index in [1.807, 2.05) is 66.7 Å². The number of hydrogen-bond acceptors (Lipinski definition) is 4. The topological polar surface area (TPSA) is 66.8 Å². The number of rotatable bonds is 9. The van der Waals surface area contributed by atoms with Gasteiger partial charge in [-0.05, 0) is 65.7 Å². The van der Waals surface area contributed by atoms with E-state index in [4.69, 9.17) is 27.9 Å². The minimum Gasteiger partial charge on any atom is -0.497 e. The Morgan fingerprint density at radius 3 is 2.33 bits per heavy atom. The monoisotopic (exact) mass is 539 g/mol. The number of methoxy groups -OCH3 is 1. The molecule has 8 heteroatoms. The zero-order valence-electron chi connectivity index (χ0n) is 19.4. The molecule has 4 aromatic rings. The molecule has 3 aromatic carbocycles. The van der Waals surface area contributed by atoms with Crippen molar-refractivity contribution in [3.8, 4) is 16.2 Å². The molecular weight excluding hydrogens is 517 g/mol. The quantitative estimate of drug-likeness (QED) is 0.247. The Labute approximate surface area is 223 Å². The van der Waals surface area contributed by atoms with Crippen molar-refractivity contribution < 1.29 is 19.4 Å². The van der Waals surface area contributed by atoms with Crippen LogP contribution in [0.15, 0.2) is 84.9 Å². The lowest BCUT2D eigenvalue weighted by Gasteiger charge is -2.29. The van der Waals surface area contributed by atoms with Gasteiger partial charge in [0.1, 0.15) is 11.8 Å². The van der Waals surface area contributed by atoms with Crippen LogP contribution in [0.2, 0.25) is 10.0 Å². The summed E-state index contributed by atoms with van der Waals surface area (Å²) in [6.07, 6.45) is 0.157. The Morgan fingerprint density at radius 1 is 0.972 bits per heavy atom. The van der Waals surface area contributed by atoms with E-state index in [1.54, 1.807) is 13.2 Å². The standard InChI is InChI=1S/C28H23Cl2NO4S/c1-35-21-10-7-19(8-11-21)26-14-12-22(36-26)17-31(27(32)23-13-9-20(29)16-24(23)30)25(28(33)34)15-18-5-3-2-4-6-18/h2-14,16,25H,15,17H2,1H3,(H,33,34)/t25-/m0/s1. The molecule has 0 spiro atoms. The zero-order chi connectivity index (χ0) is 25.7. The van der Waals surface area contributed by atoms with E-state index in [-0.39, 0.29) is 23.6 Å². The maximum atomic E-state index is 13.7. The average Bonchev–Trinajstić information content (AvgIpc) is 3.35. The molecule has 0 fully saturated rings.